The molecule has 1 aliphatic rings. The molecule has 9 heteroatoms. The fraction of sp³-hybridized carbons (Fsp3) is 0.250. The van der Waals surface area contributed by atoms with E-state index in [1.807, 2.05) is 31.2 Å². The van der Waals surface area contributed by atoms with E-state index in [0.717, 1.165) is 25.0 Å². The zero-order valence-electron chi connectivity index (χ0n) is 18.4. The topological polar surface area (TPSA) is 103 Å². The summed E-state index contributed by atoms with van der Waals surface area (Å²) < 4.78 is 9.38. The molecule has 33 heavy (non-hydrogen) atoms. The molecule has 5 rings (SSSR count). The summed E-state index contributed by atoms with van der Waals surface area (Å²) in [6.45, 7) is 2.00. The first-order valence-electron chi connectivity index (χ1n) is 10.9. The van der Waals surface area contributed by atoms with Gasteiger partial charge in [-0.05, 0) is 49.6 Å². The highest BCUT2D eigenvalue weighted by Gasteiger charge is 2.30. The molecule has 0 saturated heterocycles. The Morgan fingerprint density at radius 3 is 2.70 bits per heavy atom. The number of aromatic nitrogens is 4. The fourth-order valence-electron chi connectivity index (χ4n) is 3.55. The number of hydrogen-bond acceptors (Lipinski definition) is 5. The second-order valence-corrected chi connectivity index (χ2v) is 8.10. The Labute approximate surface area is 190 Å². The zero-order valence-corrected chi connectivity index (χ0v) is 18.4. The number of rotatable bonds is 7. The number of aryl methyl sites for hydroxylation is 2. The number of nitrogens with zero attached hydrogens (tertiary/aromatic N) is 4. The molecule has 4 aromatic rings. The van der Waals surface area contributed by atoms with Crippen molar-refractivity contribution in [3.05, 3.63) is 66.2 Å². The van der Waals surface area contributed by atoms with E-state index in [2.05, 4.69) is 20.7 Å². The number of fused-ring (bicyclic) bond motifs is 1. The Bertz CT molecular complexity index is 1350. The van der Waals surface area contributed by atoms with Crippen LogP contribution in [-0.2, 0) is 18.3 Å². The number of hydrogen-bond donors (Lipinski definition) is 2. The van der Waals surface area contributed by atoms with Crippen LogP contribution in [-0.4, -0.2) is 31.0 Å². The molecular weight excluding hydrogens is 420 g/mol. The monoisotopic (exact) mass is 444 g/mol. The van der Waals surface area contributed by atoms with Gasteiger partial charge in [-0.15, -0.1) is 0 Å². The van der Waals surface area contributed by atoms with E-state index in [4.69, 9.17) is 4.74 Å². The Kier molecular flexibility index (Phi) is 5.29. The van der Waals surface area contributed by atoms with Crippen molar-refractivity contribution in [2.75, 3.05) is 10.6 Å². The number of carbonyl (C=O) groups excluding carboxylic acids is 2. The van der Waals surface area contributed by atoms with E-state index in [9.17, 15) is 9.59 Å². The number of ether oxygens (including phenoxy) is 1. The largest absolute Gasteiger partial charge is 0.456 e. The van der Waals surface area contributed by atoms with Crippen molar-refractivity contribution in [2.24, 2.45) is 13.0 Å². The summed E-state index contributed by atoms with van der Waals surface area (Å²) in [5, 5.41) is 10.1. The van der Waals surface area contributed by atoms with Crippen molar-refractivity contribution in [1.29, 1.82) is 0 Å². The number of nitrogens with one attached hydrogen (secondary N) is 2. The first kappa shape index (κ1) is 20.7. The maximum absolute atomic E-state index is 12.7. The number of anilines is 2. The van der Waals surface area contributed by atoms with Gasteiger partial charge in [-0.1, -0.05) is 13.0 Å². The lowest BCUT2D eigenvalue weighted by Gasteiger charge is -2.09. The standard InChI is InChI=1S/C24H24N6O3/c1-3-16-12-20(29(2)28-16)24(32)25-17-5-4-6-18(11-17)33-19-9-10-22-26-21(14-30(22)13-19)27-23(31)15-7-8-15/h4-6,9-15H,3,7-8H2,1-2H3,(H,25,32)(H,27,31). The highest BCUT2D eigenvalue weighted by Crippen LogP contribution is 2.30. The summed E-state index contributed by atoms with van der Waals surface area (Å²) in [6, 6.07) is 12.6. The molecule has 0 spiro atoms. The van der Waals surface area contributed by atoms with E-state index in [-0.39, 0.29) is 17.7 Å². The van der Waals surface area contributed by atoms with E-state index >= 15 is 0 Å². The van der Waals surface area contributed by atoms with Gasteiger partial charge < -0.3 is 19.8 Å². The summed E-state index contributed by atoms with van der Waals surface area (Å²) in [4.78, 5) is 29.0. The third kappa shape index (κ3) is 4.57. The van der Waals surface area contributed by atoms with Crippen molar-refractivity contribution < 1.29 is 14.3 Å². The van der Waals surface area contributed by atoms with Gasteiger partial charge in [0, 0.05) is 24.7 Å². The van der Waals surface area contributed by atoms with Crippen LogP contribution in [0.4, 0.5) is 11.5 Å². The van der Waals surface area contributed by atoms with Crippen LogP contribution in [0.5, 0.6) is 11.5 Å². The van der Waals surface area contributed by atoms with E-state index < -0.39 is 0 Å². The number of carbonyl (C=O) groups is 2. The van der Waals surface area contributed by atoms with Crippen molar-refractivity contribution >= 4 is 29.0 Å². The maximum atomic E-state index is 12.7. The highest BCUT2D eigenvalue weighted by atomic mass is 16.5. The predicted molar refractivity (Wildman–Crippen MR) is 124 cm³/mol. The van der Waals surface area contributed by atoms with Crippen molar-refractivity contribution in [2.45, 2.75) is 26.2 Å². The van der Waals surface area contributed by atoms with Gasteiger partial charge in [-0.25, -0.2) is 4.98 Å². The molecular formula is C24H24N6O3. The molecule has 2 amide bonds. The second kappa shape index (κ2) is 8.42. The minimum absolute atomic E-state index is 0.0192. The molecule has 2 N–H and O–H groups in total. The minimum atomic E-state index is -0.234. The Hall–Kier alpha value is -4.14. The molecule has 9 nitrogen and oxygen atoms in total. The molecule has 3 heterocycles. The van der Waals surface area contributed by atoms with Crippen molar-refractivity contribution in [3.8, 4) is 11.5 Å². The Morgan fingerprint density at radius 1 is 1.09 bits per heavy atom. The fourth-order valence-corrected chi connectivity index (χ4v) is 3.55. The van der Waals surface area contributed by atoms with Crippen LogP contribution in [0, 0.1) is 5.92 Å². The van der Waals surface area contributed by atoms with E-state index in [1.165, 1.54) is 0 Å². The Balaban J connectivity index is 1.29. The van der Waals surface area contributed by atoms with Gasteiger partial charge in [0.2, 0.25) is 5.91 Å². The smallest absolute Gasteiger partial charge is 0.273 e. The quantitative estimate of drug-likeness (QED) is 0.448. The van der Waals surface area contributed by atoms with Crippen molar-refractivity contribution in [3.63, 3.8) is 0 Å². The zero-order chi connectivity index (χ0) is 22.9. The molecule has 1 fully saturated rings. The Morgan fingerprint density at radius 2 is 1.94 bits per heavy atom. The summed E-state index contributed by atoms with van der Waals surface area (Å²) in [5.41, 5.74) is 2.68. The molecule has 0 radical (unpaired) electrons. The van der Waals surface area contributed by atoms with Crippen LogP contribution < -0.4 is 15.4 Å². The number of pyridine rings is 1. The normalized spacial score (nSPS) is 13.2. The minimum Gasteiger partial charge on any atom is -0.456 e. The molecule has 0 atom stereocenters. The average Bonchev–Trinajstić information content (AvgIpc) is 3.47. The lowest BCUT2D eigenvalue weighted by atomic mass is 10.2. The van der Waals surface area contributed by atoms with Gasteiger partial charge in [0.15, 0.2) is 5.82 Å². The van der Waals surface area contributed by atoms with E-state index in [1.54, 1.807) is 46.7 Å². The molecule has 1 saturated carbocycles. The summed E-state index contributed by atoms with van der Waals surface area (Å²) in [7, 11) is 1.75. The van der Waals surface area contributed by atoms with Crippen LogP contribution in [0.2, 0.25) is 0 Å². The van der Waals surface area contributed by atoms with Crippen LogP contribution in [0.15, 0.2) is 54.9 Å². The first-order chi connectivity index (χ1) is 16.0. The average molecular weight is 444 g/mol. The molecule has 0 unspecified atom stereocenters. The van der Waals surface area contributed by atoms with Gasteiger partial charge in [0.1, 0.15) is 22.8 Å². The van der Waals surface area contributed by atoms with Gasteiger partial charge in [-0.2, -0.15) is 5.10 Å². The van der Waals surface area contributed by atoms with Crippen LogP contribution >= 0.6 is 0 Å². The van der Waals surface area contributed by atoms with Crippen LogP contribution in [0.1, 0.15) is 35.9 Å². The summed E-state index contributed by atoms with van der Waals surface area (Å²) in [6.07, 6.45) is 6.21. The SMILES string of the molecule is CCc1cc(C(=O)Nc2cccc(Oc3ccc4nc(NC(=O)C5CC5)cn4c3)c2)n(C)n1. The summed E-state index contributed by atoms with van der Waals surface area (Å²) in [5.74, 6) is 1.60. The maximum Gasteiger partial charge on any atom is 0.273 e. The molecule has 1 aliphatic carbocycles. The number of imidazole rings is 1. The molecule has 0 bridgehead atoms. The third-order valence-corrected chi connectivity index (χ3v) is 5.48. The van der Waals surface area contributed by atoms with E-state index in [0.29, 0.717) is 34.3 Å². The number of amides is 2. The van der Waals surface area contributed by atoms with Gasteiger partial charge in [-0.3, -0.25) is 14.3 Å². The van der Waals surface area contributed by atoms with Crippen LogP contribution in [0.25, 0.3) is 5.65 Å². The van der Waals surface area contributed by atoms with Crippen molar-refractivity contribution in [1.82, 2.24) is 19.2 Å². The lowest BCUT2D eigenvalue weighted by molar-refractivity contribution is -0.117. The molecule has 3 aromatic heterocycles. The summed E-state index contributed by atoms with van der Waals surface area (Å²) >= 11 is 0. The molecule has 1 aromatic carbocycles. The lowest BCUT2D eigenvalue weighted by Crippen LogP contribution is -2.16. The van der Waals surface area contributed by atoms with Gasteiger partial charge in [0.25, 0.3) is 5.91 Å². The third-order valence-electron chi connectivity index (χ3n) is 5.48. The predicted octanol–water partition coefficient (Wildman–Crippen LogP) is 4.02. The first-order valence-corrected chi connectivity index (χ1v) is 10.9. The molecule has 0 aliphatic heterocycles. The second-order valence-electron chi connectivity index (χ2n) is 8.10. The van der Waals surface area contributed by atoms with Gasteiger partial charge >= 0.3 is 0 Å². The van der Waals surface area contributed by atoms with Gasteiger partial charge in [0.05, 0.1) is 18.1 Å². The van der Waals surface area contributed by atoms with Crippen LogP contribution in [0.3, 0.4) is 0 Å². The molecule has 168 valence electrons. The highest BCUT2D eigenvalue weighted by molar-refractivity contribution is 6.03. The number of benzene rings is 1.